The number of carbonyl (C=O) groups is 1. The summed E-state index contributed by atoms with van der Waals surface area (Å²) in [6.45, 7) is 0.208. The summed E-state index contributed by atoms with van der Waals surface area (Å²) in [5.74, 6) is -0.00290. The zero-order chi connectivity index (χ0) is 26.6. The average Bonchev–Trinajstić information content (AvgIpc) is 3.58. The fraction of sp³-hybridized carbons (Fsp3) is 0.115. The number of carbonyl (C=O) groups excluding carboxylic acids is 1. The number of H-pyrrole nitrogens is 1. The Balaban J connectivity index is 1.42. The van der Waals surface area contributed by atoms with Gasteiger partial charge in [0.05, 0.1) is 28.4 Å². The van der Waals surface area contributed by atoms with E-state index in [4.69, 9.17) is 21.8 Å². The number of nitrogens with one attached hydrogen (secondary N) is 3. The van der Waals surface area contributed by atoms with E-state index in [1.54, 1.807) is 60.5 Å². The zero-order valence-electron chi connectivity index (χ0n) is 20.0. The number of rotatable bonds is 7. The molecule has 3 heterocycles. The number of hydrogen-bond donors (Lipinski definition) is 3. The molecule has 0 saturated heterocycles. The summed E-state index contributed by atoms with van der Waals surface area (Å²) in [5.41, 5.74) is 3.96. The monoisotopic (exact) mass is 522 g/mol. The van der Waals surface area contributed by atoms with Crippen LogP contribution in [0.15, 0.2) is 54.9 Å². The molecule has 5 rings (SSSR count). The highest BCUT2D eigenvalue weighted by molar-refractivity contribution is 6.35. The fourth-order valence-electron chi connectivity index (χ4n) is 3.85. The van der Waals surface area contributed by atoms with E-state index in [2.05, 4.69) is 37.0 Å². The number of amides is 1. The van der Waals surface area contributed by atoms with E-state index in [-0.39, 0.29) is 30.4 Å². The maximum absolute atomic E-state index is 12.4. The highest BCUT2D eigenvalue weighted by Gasteiger charge is 2.20. The smallest absolute Gasteiger partial charge is 0.226 e. The molecule has 0 aliphatic heterocycles. The van der Waals surface area contributed by atoms with Crippen LogP contribution in [-0.4, -0.2) is 42.4 Å². The number of anilines is 2. The molecule has 0 aliphatic carbocycles. The highest BCUT2D eigenvalue weighted by atomic mass is 35.5. The molecule has 38 heavy (non-hydrogen) atoms. The number of nitrogens with zero attached hydrogens (tertiary/aromatic N) is 7. The minimum atomic E-state index is -0.238. The number of aromatic amines is 1. The summed E-state index contributed by atoms with van der Waals surface area (Å²) in [7, 11) is 1.79. The van der Waals surface area contributed by atoms with Gasteiger partial charge in [0.25, 0.3) is 0 Å². The van der Waals surface area contributed by atoms with Gasteiger partial charge in [-0.25, -0.2) is 9.97 Å². The van der Waals surface area contributed by atoms with Crippen molar-refractivity contribution in [3.63, 3.8) is 0 Å². The lowest BCUT2D eigenvalue weighted by Crippen LogP contribution is -2.17. The Morgan fingerprint density at radius 2 is 1.92 bits per heavy atom. The Morgan fingerprint density at radius 3 is 2.63 bits per heavy atom. The summed E-state index contributed by atoms with van der Waals surface area (Å²) in [5, 5.41) is 37.2. The Bertz CT molecular complexity index is 1740. The van der Waals surface area contributed by atoms with Gasteiger partial charge in [-0.1, -0.05) is 11.6 Å². The van der Waals surface area contributed by atoms with Crippen molar-refractivity contribution in [3.05, 3.63) is 71.1 Å². The van der Waals surface area contributed by atoms with Crippen LogP contribution in [0.2, 0.25) is 5.02 Å². The minimum Gasteiger partial charge on any atom is -0.367 e. The molecule has 0 bridgehead atoms. The van der Waals surface area contributed by atoms with Crippen molar-refractivity contribution in [2.24, 2.45) is 7.05 Å². The van der Waals surface area contributed by atoms with Gasteiger partial charge >= 0.3 is 0 Å². The molecule has 5 aromatic rings. The molecule has 186 valence electrons. The topological polar surface area (TPSA) is 161 Å². The molecule has 0 aliphatic rings. The molecular weight excluding hydrogens is 504 g/mol. The number of fused-ring (bicyclic) bond motifs is 1. The van der Waals surface area contributed by atoms with Crippen molar-refractivity contribution in [3.8, 4) is 34.8 Å². The number of aromatic nitrogens is 6. The quantitative estimate of drug-likeness (QED) is 0.285. The normalized spacial score (nSPS) is 10.6. The fourth-order valence-corrected chi connectivity index (χ4v) is 4.12. The third kappa shape index (κ3) is 5.00. The predicted octanol–water partition coefficient (Wildman–Crippen LogP) is 4.26. The minimum absolute atomic E-state index is 0.0654. The van der Waals surface area contributed by atoms with Gasteiger partial charge in [0.1, 0.15) is 23.2 Å². The summed E-state index contributed by atoms with van der Waals surface area (Å²) in [4.78, 5) is 21.7. The number of hydrogen-bond acceptors (Lipinski definition) is 8. The van der Waals surface area contributed by atoms with Gasteiger partial charge in [-0.3, -0.25) is 14.6 Å². The standard InChI is InChI=1S/C26H19ClN10O/c1-37-9-7-20(36-37)25-24(16-10-17-14-31-35-23(17)19(27)11-16)33-21(13-29)26(34-25)30-8-6-22(38)32-18-4-2-15(12-28)3-5-18/h2-5,7,9-11,14H,6,8H2,1H3,(H,30,34)(H,31,35)(H,32,38). The van der Waals surface area contributed by atoms with E-state index in [1.165, 1.54) is 0 Å². The molecule has 0 fully saturated rings. The first-order valence-corrected chi connectivity index (χ1v) is 11.8. The molecular formula is C26H19ClN10O. The molecule has 11 nitrogen and oxygen atoms in total. The molecule has 0 atom stereocenters. The summed E-state index contributed by atoms with van der Waals surface area (Å²) in [6, 6.07) is 16.1. The zero-order valence-corrected chi connectivity index (χ0v) is 20.8. The first-order valence-electron chi connectivity index (χ1n) is 11.4. The summed E-state index contributed by atoms with van der Waals surface area (Å²) >= 11 is 6.46. The first kappa shape index (κ1) is 24.4. The van der Waals surface area contributed by atoms with Crippen LogP contribution in [0.3, 0.4) is 0 Å². The molecule has 2 aromatic carbocycles. The van der Waals surface area contributed by atoms with Crippen molar-refractivity contribution in [1.82, 2.24) is 29.9 Å². The Labute approximate surface area is 221 Å². The van der Waals surface area contributed by atoms with Gasteiger partial charge in [0.2, 0.25) is 5.91 Å². The molecule has 0 radical (unpaired) electrons. The predicted molar refractivity (Wildman–Crippen MR) is 142 cm³/mol. The van der Waals surface area contributed by atoms with Gasteiger partial charge < -0.3 is 10.6 Å². The van der Waals surface area contributed by atoms with Crippen molar-refractivity contribution in [2.75, 3.05) is 17.2 Å². The van der Waals surface area contributed by atoms with Crippen molar-refractivity contribution < 1.29 is 4.79 Å². The van der Waals surface area contributed by atoms with Gasteiger partial charge in [0, 0.05) is 42.8 Å². The second-order valence-corrected chi connectivity index (χ2v) is 8.72. The Hall–Kier alpha value is -5.26. The molecule has 3 N–H and O–H groups in total. The largest absolute Gasteiger partial charge is 0.367 e. The SMILES string of the molecule is Cn1ccc(-c2nc(NCCC(=O)Nc3ccc(C#N)cc3)c(C#N)nc2-c2cc(Cl)c3[nH]ncc3c2)n1. The van der Waals surface area contributed by atoms with Crippen molar-refractivity contribution >= 4 is 39.9 Å². The third-order valence-corrected chi connectivity index (χ3v) is 5.97. The van der Waals surface area contributed by atoms with E-state index in [0.29, 0.717) is 44.4 Å². The summed E-state index contributed by atoms with van der Waals surface area (Å²) in [6.07, 6.45) is 3.55. The molecule has 0 saturated carbocycles. The Morgan fingerprint density at radius 1 is 1.11 bits per heavy atom. The van der Waals surface area contributed by atoms with Gasteiger partial charge in [-0.05, 0) is 42.5 Å². The van der Waals surface area contributed by atoms with E-state index >= 15 is 0 Å². The molecule has 1 amide bonds. The Kier molecular flexibility index (Phi) is 6.68. The average molecular weight is 523 g/mol. The van der Waals surface area contributed by atoms with Crippen LogP contribution in [0.1, 0.15) is 17.7 Å². The number of aryl methyl sites for hydroxylation is 1. The van der Waals surface area contributed by atoms with Gasteiger partial charge in [-0.15, -0.1) is 0 Å². The van der Waals surface area contributed by atoms with Gasteiger partial charge in [0.15, 0.2) is 11.5 Å². The van der Waals surface area contributed by atoms with E-state index in [1.807, 2.05) is 12.1 Å². The number of benzene rings is 2. The maximum atomic E-state index is 12.4. The van der Waals surface area contributed by atoms with Crippen LogP contribution in [-0.2, 0) is 11.8 Å². The number of halogens is 1. The van der Waals surface area contributed by atoms with Crippen LogP contribution in [0, 0.1) is 22.7 Å². The van der Waals surface area contributed by atoms with E-state index in [9.17, 15) is 10.1 Å². The number of nitriles is 2. The molecule has 12 heteroatoms. The van der Waals surface area contributed by atoms with Crippen LogP contribution in [0.5, 0.6) is 0 Å². The lowest BCUT2D eigenvalue weighted by molar-refractivity contribution is -0.115. The highest BCUT2D eigenvalue weighted by Crippen LogP contribution is 2.34. The van der Waals surface area contributed by atoms with Crippen LogP contribution >= 0.6 is 11.6 Å². The second kappa shape index (κ2) is 10.4. The second-order valence-electron chi connectivity index (χ2n) is 8.31. The first-order chi connectivity index (χ1) is 18.4. The van der Waals surface area contributed by atoms with Crippen LogP contribution in [0.25, 0.3) is 33.5 Å². The lowest BCUT2D eigenvalue weighted by Gasteiger charge is -2.13. The van der Waals surface area contributed by atoms with Crippen molar-refractivity contribution in [1.29, 1.82) is 10.5 Å². The lowest BCUT2D eigenvalue weighted by atomic mass is 10.1. The van der Waals surface area contributed by atoms with Gasteiger partial charge in [-0.2, -0.15) is 20.7 Å². The van der Waals surface area contributed by atoms with E-state index < -0.39 is 0 Å². The van der Waals surface area contributed by atoms with Crippen molar-refractivity contribution in [2.45, 2.75) is 6.42 Å². The third-order valence-electron chi connectivity index (χ3n) is 5.67. The summed E-state index contributed by atoms with van der Waals surface area (Å²) < 4.78 is 1.64. The maximum Gasteiger partial charge on any atom is 0.226 e. The van der Waals surface area contributed by atoms with Crippen LogP contribution < -0.4 is 10.6 Å². The molecule has 0 unspecified atom stereocenters. The molecule has 0 spiro atoms. The molecule has 3 aromatic heterocycles. The van der Waals surface area contributed by atoms with Crippen LogP contribution in [0.4, 0.5) is 11.5 Å². The van der Waals surface area contributed by atoms with E-state index in [0.717, 1.165) is 5.39 Å².